The summed E-state index contributed by atoms with van der Waals surface area (Å²) in [6.45, 7) is 0.908. The number of hydrogen-bond donors (Lipinski definition) is 1. The van der Waals surface area contributed by atoms with Crippen molar-refractivity contribution in [3.63, 3.8) is 0 Å². The van der Waals surface area contributed by atoms with E-state index in [1.165, 1.54) is 16.7 Å². The molecule has 0 heterocycles. The zero-order chi connectivity index (χ0) is 12.6. The Morgan fingerprint density at radius 3 is 2.22 bits per heavy atom. The first-order valence-corrected chi connectivity index (χ1v) is 6.32. The maximum atomic E-state index is 3.10. The van der Waals surface area contributed by atoms with E-state index in [1.807, 2.05) is 7.05 Å². The summed E-state index contributed by atoms with van der Waals surface area (Å²) in [5.41, 5.74) is 3.96. The predicted octanol–water partition coefficient (Wildman–Crippen LogP) is 3.51. The molecule has 1 nitrogen and oxygen atoms in total. The third kappa shape index (κ3) is 3.86. The van der Waals surface area contributed by atoms with Crippen molar-refractivity contribution in [1.29, 1.82) is 0 Å². The molecule has 2 aromatic rings. The van der Waals surface area contributed by atoms with Gasteiger partial charge < -0.3 is 5.32 Å². The number of hydrogen-bond acceptors (Lipinski definition) is 1. The fourth-order valence-corrected chi connectivity index (χ4v) is 1.89. The summed E-state index contributed by atoms with van der Waals surface area (Å²) in [6.07, 6.45) is 5.27. The molecule has 1 heteroatoms. The van der Waals surface area contributed by atoms with Gasteiger partial charge in [-0.1, -0.05) is 66.7 Å². The summed E-state index contributed by atoms with van der Waals surface area (Å²) in [6, 6.07) is 19.3. The molecule has 0 spiro atoms. The second-order valence-corrected chi connectivity index (χ2v) is 4.36. The normalized spacial score (nSPS) is 10.9. The quantitative estimate of drug-likeness (QED) is 0.839. The van der Waals surface area contributed by atoms with Crippen LogP contribution in [0.15, 0.2) is 60.7 Å². The Morgan fingerprint density at radius 1 is 0.889 bits per heavy atom. The van der Waals surface area contributed by atoms with Crippen molar-refractivity contribution in [2.75, 3.05) is 13.6 Å². The van der Waals surface area contributed by atoms with Gasteiger partial charge in [-0.05, 0) is 30.2 Å². The molecule has 0 atom stereocenters. The van der Waals surface area contributed by atoms with E-state index in [2.05, 4.69) is 72.1 Å². The number of benzene rings is 2. The van der Waals surface area contributed by atoms with E-state index in [4.69, 9.17) is 0 Å². The van der Waals surface area contributed by atoms with Crippen molar-refractivity contribution < 1.29 is 0 Å². The molecular weight excluding hydrogens is 218 g/mol. The number of rotatable bonds is 5. The Balaban J connectivity index is 2.00. The topological polar surface area (TPSA) is 12.0 Å². The van der Waals surface area contributed by atoms with Gasteiger partial charge in [0.2, 0.25) is 0 Å². The van der Waals surface area contributed by atoms with Crippen molar-refractivity contribution in [2.24, 2.45) is 0 Å². The largest absolute Gasteiger partial charge is 0.316 e. The van der Waals surface area contributed by atoms with Crippen LogP contribution in [-0.2, 0) is 6.42 Å². The minimum atomic E-state index is 0.908. The molecule has 2 aromatic carbocycles. The van der Waals surface area contributed by atoms with Gasteiger partial charge in [0.15, 0.2) is 0 Å². The minimum Gasteiger partial charge on any atom is -0.316 e. The lowest BCUT2D eigenvalue weighted by molar-refractivity contribution is 0.922. The van der Waals surface area contributed by atoms with Gasteiger partial charge in [0.1, 0.15) is 0 Å². The highest BCUT2D eigenvalue weighted by molar-refractivity contribution is 5.50. The van der Waals surface area contributed by atoms with Gasteiger partial charge in [-0.15, -0.1) is 0 Å². The minimum absolute atomic E-state index is 0.908. The van der Waals surface area contributed by atoms with Gasteiger partial charge in [0, 0.05) is 6.54 Å². The van der Waals surface area contributed by atoms with Gasteiger partial charge in [0.05, 0.1) is 0 Å². The molecule has 0 saturated heterocycles. The van der Waals surface area contributed by atoms with Crippen LogP contribution in [0.4, 0.5) is 0 Å². The Labute approximate surface area is 109 Å². The van der Waals surface area contributed by atoms with E-state index >= 15 is 0 Å². The molecule has 18 heavy (non-hydrogen) atoms. The summed E-state index contributed by atoms with van der Waals surface area (Å²) in [5.74, 6) is 0. The summed E-state index contributed by atoms with van der Waals surface area (Å²) in [5, 5.41) is 3.10. The maximum Gasteiger partial charge on any atom is 0.0135 e. The molecule has 0 aliphatic carbocycles. The van der Waals surface area contributed by atoms with Gasteiger partial charge in [-0.3, -0.25) is 0 Å². The van der Waals surface area contributed by atoms with Crippen molar-refractivity contribution in [3.05, 3.63) is 77.4 Å². The Morgan fingerprint density at radius 2 is 1.56 bits per heavy atom. The van der Waals surface area contributed by atoms with Crippen LogP contribution in [0.5, 0.6) is 0 Å². The molecule has 0 bridgehead atoms. The molecule has 1 N–H and O–H groups in total. The van der Waals surface area contributed by atoms with Gasteiger partial charge in [0.25, 0.3) is 0 Å². The van der Waals surface area contributed by atoms with Crippen LogP contribution in [0.3, 0.4) is 0 Å². The van der Waals surface area contributed by atoms with Crippen LogP contribution in [0.25, 0.3) is 6.08 Å². The molecule has 0 saturated carbocycles. The lowest BCUT2D eigenvalue weighted by atomic mass is 10.0. The smallest absolute Gasteiger partial charge is 0.0135 e. The molecular formula is C17H19N. The zero-order valence-electron chi connectivity index (χ0n) is 10.8. The van der Waals surface area contributed by atoms with E-state index < -0.39 is 0 Å². The number of nitrogens with one attached hydrogen (secondary N) is 1. The fourth-order valence-electron chi connectivity index (χ4n) is 1.89. The average molecular weight is 237 g/mol. The molecule has 0 amide bonds. The first-order valence-electron chi connectivity index (χ1n) is 6.32. The summed E-state index contributed by atoms with van der Waals surface area (Å²) < 4.78 is 0. The third-order valence-electron chi connectivity index (χ3n) is 2.86. The Kier molecular flexibility index (Phi) is 4.74. The molecule has 0 radical (unpaired) electrons. The molecule has 92 valence electrons. The highest BCUT2D eigenvalue weighted by atomic mass is 14.8. The van der Waals surface area contributed by atoms with Crippen LogP contribution < -0.4 is 5.32 Å². The Bertz CT molecular complexity index is 483. The van der Waals surface area contributed by atoms with Crippen LogP contribution in [0.2, 0.25) is 0 Å². The Hall–Kier alpha value is -1.86. The monoisotopic (exact) mass is 237 g/mol. The van der Waals surface area contributed by atoms with Crippen molar-refractivity contribution >= 4 is 6.08 Å². The second-order valence-electron chi connectivity index (χ2n) is 4.36. The highest BCUT2D eigenvalue weighted by Gasteiger charge is 1.95. The standard InChI is InChI=1S/C17H19N/c1-18-13-5-8-15-9-11-17(12-10-15)14-16-6-3-2-4-7-16/h2-12,18H,13-14H2,1H3. The van der Waals surface area contributed by atoms with Crippen LogP contribution in [0, 0.1) is 0 Å². The van der Waals surface area contributed by atoms with Crippen molar-refractivity contribution in [2.45, 2.75) is 6.42 Å². The second kappa shape index (κ2) is 6.77. The van der Waals surface area contributed by atoms with Gasteiger partial charge in [-0.25, -0.2) is 0 Å². The molecule has 0 unspecified atom stereocenters. The summed E-state index contributed by atoms with van der Waals surface area (Å²) >= 11 is 0. The third-order valence-corrected chi connectivity index (χ3v) is 2.86. The fraction of sp³-hybridized carbons (Fsp3) is 0.176. The van der Waals surface area contributed by atoms with E-state index in [-0.39, 0.29) is 0 Å². The predicted molar refractivity (Wildman–Crippen MR) is 78.7 cm³/mol. The van der Waals surface area contributed by atoms with E-state index in [0.717, 1.165) is 13.0 Å². The first kappa shape index (κ1) is 12.6. The van der Waals surface area contributed by atoms with E-state index in [9.17, 15) is 0 Å². The van der Waals surface area contributed by atoms with Crippen LogP contribution >= 0.6 is 0 Å². The first-order chi connectivity index (χ1) is 8.88. The molecule has 2 rings (SSSR count). The van der Waals surface area contributed by atoms with Crippen LogP contribution in [-0.4, -0.2) is 13.6 Å². The summed E-state index contributed by atoms with van der Waals surface area (Å²) in [4.78, 5) is 0. The highest BCUT2D eigenvalue weighted by Crippen LogP contribution is 2.11. The van der Waals surface area contributed by atoms with E-state index in [0.29, 0.717) is 0 Å². The SMILES string of the molecule is CNCC=Cc1ccc(Cc2ccccc2)cc1. The maximum absolute atomic E-state index is 3.10. The molecule has 0 aliphatic heterocycles. The van der Waals surface area contributed by atoms with Crippen molar-refractivity contribution in [3.8, 4) is 0 Å². The zero-order valence-corrected chi connectivity index (χ0v) is 10.8. The molecule has 0 fully saturated rings. The van der Waals surface area contributed by atoms with E-state index in [1.54, 1.807) is 0 Å². The lowest BCUT2D eigenvalue weighted by Gasteiger charge is -2.02. The van der Waals surface area contributed by atoms with Crippen LogP contribution in [0.1, 0.15) is 16.7 Å². The van der Waals surface area contributed by atoms with Crippen molar-refractivity contribution in [1.82, 2.24) is 5.32 Å². The van der Waals surface area contributed by atoms with Gasteiger partial charge >= 0.3 is 0 Å². The summed E-state index contributed by atoms with van der Waals surface area (Å²) in [7, 11) is 1.95. The molecule has 0 aromatic heterocycles. The molecule has 0 aliphatic rings. The number of likely N-dealkylation sites (N-methyl/N-ethyl adjacent to an activating group) is 1. The van der Waals surface area contributed by atoms with Gasteiger partial charge in [-0.2, -0.15) is 0 Å². The lowest BCUT2D eigenvalue weighted by Crippen LogP contribution is -2.03. The average Bonchev–Trinajstić information content (AvgIpc) is 2.42.